The Morgan fingerprint density at radius 2 is 2.12 bits per heavy atom. The average Bonchev–Trinajstić information content (AvgIpc) is 2.72. The third-order valence-corrected chi connectivity index (χ3v) is 3.57. The third kappa shape index (κ3) is 2.59. The highest BCUT2D eigenvalue weighted by atomic mass is 35.5. The molecule has 1 aromatic rings. The van der Waals surface area contributed by atoms with Crippen LogP contribution in [0.3, 0.4) is 0 Å². The van der Waals surface area contributed by atoms with Gasteiger partial charge in [-0.3, -0.25) is 4.79 Å². The highest BCUT2D eigenvalue weighted by Gasteiger charge is 2.28. The van der Waals surface area contributed by atoms with Crippen molar-refractivity contribution in [3.63, 3.8) is 0 Å². The number of halogens is 1. The smallest absolute Gasteiger partial charge is 0.287 e. The Morgan fingerprint density at radius 1 is 1.50 bits per heavy atom. The van der Waals surface area contributed by atoms with Crippen molar-refractivity contribution in [2.75, 3.05) is 5.88 Å². The van der Waals surface area contributed by atoms with Crippen LogP contribution in [0.2, 0.25) is 0 Å². The number of amides is 1. The van der Waals surface area contributed by atoms with E-state index in [1.54, 1.807) is 6.07 Å². The third-order valence-electron chi connectivity index (χ3n) is 3.06. The fourth-order valence-corrected chi connectivity index (χ4v) is 2.00. The molecule has 16 heavy (non-hydrogen) atoms. The average molecular weight is 244 g/mol. The summed E-state index contributed by atoms with van der Waals surface area (Å²) in [5.41, 5.74) is 0.505. The lowest BCUT2D eigenvalue weighted by Gasteiger charge is -2.30. The van der Waals surface area contributed by atoms with Gasteiger partial charge in [-0.25, -0.2) is 0 Å². The molecule has 0 aliphatic heterocycles. The summed E-state index contributed by atoms with van der Waals surface area (Å²) in [6, 6.07) is 1.77. The Kier molecular flexibility index (Phi) is 4.42. The summed E-state index contributed by atoms with van der Waals surface area (Å²) in [7, 11) is 0. The number of hydrogen-bond acceptors (Lipinski definition) is 2. The molecule has 90 valence electrons. The molecule has 1 rings (SSSR count). The standard InChI is InChI=1S/C12H18ClNO2/c1-4-12(5-2,8-13)14-11(15)10-9(3)6-7-16-10/h6-7H,4-5,8H2,1-3H3,(H,14,15). The molecule has 0 unspecified atom stereocenters. The Morgan fingerprint density at radius 3 is 2.50 bits per heavy atom. The molecule has 0 aliphatic rings. The van der Waals surface area contributed by atoms with Gasteiger partial charge in [-0.1, -0.05) is 13.8 Å². The fourth-order valence-electron chi connectivity index (χ4n) is 1.55. The van der Waals surface area contributed by atoms with Gasteiger partial charge >= 0.3 is 0 Å². The molecule has 0 spiro atoms. The first-order chi connectivity index (χ1) is 7.58. The van der Waals surface area contributed by atoms with Crippen LogP contribution in [0.15, 0.2) is 16.7 Å². The summed E-state index contributed by atoms with van der Waals surface area (Å²) in [5, 5.41) is 2.96. The minimum absolute atomic E-state index is 0.188. The number of hydrogen-bond donors (Lipinski definition) is 1. The maximum absolute atomic E-state index is 12.0. The van der Waals surface area contributed by atoms with Crippen LogP contribution in [-0.4, -0.2) is 17.3 Å². The molecule has 0 atom stereocenters. The molecule has 3 nitrogen and oxygen atoms in total. The first-order valence-electron chi connectivity index (χ1n) is 5.51. The molecule has 0 bridgehead atoms. The highest BCUT2D eigenvalue weighted by Crippen LogP contribution is 2.19. The van der Waals surface area contributed by atoms with Gasteiger partial charge in [0.05, 0.1) is 11.8 Å². The molecule has 4 heteroatoms. The topological polar surface area (TPSA) is 42.2 Å². The Hall–Kier alpha value is -0.960. The van der Waals surface area contributed by atoms with E-state index in [0.29, 0.717) is 11.6 Å². The number of carbonyl (C=O) groups is 1. The molecule has 1 aromatic heterocycles. The summed E-state index contributed by atoms with van der Waals surface area (Å²) in [4.78, 5) is 12.0. The number of furan rings is 1. The predicted molar refractivity (Wildman–Crippen MR) is 64.9 cm³/mol. The van der Waals surface area contributed by atoms with Gasteiger partial charge in [-0.05, 0) is 25.8 Å². The van der Waals surface area contributed by atoms with E-state index in [2.05, 4.69) is 5.32 Å². The van der Waals surface area contributed by atoms with Crippen LogP contribution in [0.5, 0.6) is 0 Å². The van der Waals surface area contributed by atoms with E-state index in [1.165, 1.54) is 6.26 Å². The zero-order valence-electron chi connectivity index (χ0n) is 9.97. The maximum atomic E-state index is 12.0. The first-order valence-corrected chi connectivity index (χ1v) is 6.04. The first kappa shape index (κ1) is 13.1. The van der Waals surface area contributed by atoms with Gasteiger partial charge < -0.3 is 9.73 Å². The zero-order chi connectivity index (χ0) is 12.2. The molecule has 0 aromatic carbocycles. The normalized spacial score (nSPS) is 11.5. The lowest BCUT2D eigenvalue weighted by Crippen LogP contribution is -2.49. The monoisotopic (exact) mass is 243 g/mol. The van der Waals surface area contributed by atoms with Gasteiger partial charge in [-0.15, -0.1) is 11.6 Å². The van der Waals surface area contributed by atoms with Crippen LogP contribution in [-0.2, 0) is 0 Å². The van der Waals surface area contributed by atoms with Gasteiger partial charge in [-0.2, -0.15) is 0 Å². The van der Waals surface area contributed by atoms with Crippen molar-refractivity contribution in [2.24, 2.45) is 0 Å². The van der Waals surface area contributed by atoms with Gasteiger partial charge in [0.2, 0.25) is 0 Å². The van der Waals surface area contributed by atoms with Gasteiger partial charge in [0.15, 0.2) is 5.76 Å². The number of nitrogens with one attached hydrogen (secondary N) is 1. The second-order valence-electron chi connectivity index (χ2n) is 4.01. The molecule has 0 saturated carbocycles. The second-order valence-corrected chi connectivity index (χ2v) is 4.28. The van der Waals surface area contributed by atoms with Crippen LogP contribution in [0.25, 0.3) is 0 Å². The second kappa shape index (κ2) is 5.39. The molecule has 1 heterocycles. The molecule has 1 amide bonds. The predicted octanol–water partition coefficient (Wildman–Crippen LogP) is 3.12. The summed E-state index contributed by atoms with van der Waals surface area (Å²) in [5.74, 6) is 0.592. The number of rotatable bonds is 5. The van der Waals surface area contributed by atoms with E-state index in [-0.39, 0.29) is 11.4 Å². The van der Waals surface area contributed by atoms with Crippen LogP contribution in [0.4, 0.5) is 0 Å². The molecule has 0 aliphatic carbocycles. The SMILES string of the molecule is CCC(CC)(CCl)NC(=O)c1occc1C. The van der Waals surface area contributed by atoms with E-state index >= 15 is 0 Å². The van der Waals surface area contributed by atoms with E-state index in [1.807, 2.05) is 20.8 Å². The van der Waals surface area contributed by atoms with E-state index < -0.39 is 0 Å². The summed E-state index contributed by atoms with van der Waals surface area (Å²) >= 11 is 5.92. The summed E-state index contributed by atoms with van der Waals surface area (Å²) in [6.45, 7) is 5.88. The van der Waals surface area contributed by atoms with Crippen molar-refractivity contribution in [2.45, 2.75) is 39.2 Å². The molecule has 0 fully saturated rings. The van der Waals surface area contributed by atoms with Crippen molar-refractivity contribution in [3.8, 4) is 0 Å². The van der Waals surface area contributed by atoms with Crippen LogP contribution in [0, 0.1) is 6.92 Å². The number of aryl methyl sites for hydroxylation is 1. The van der Waals surface area contributed by atoms with Crippen molar-refractivity contribution in [1.82, 2.24) is 5.32 Å². The molecular weight excluding hydrogens is 226 g/mol. The molecule has 0 saturated heterocycles. The summed E-state index contributed by atoms with van der Waals surface area (Å²) < 4.78 is 5.15. The molecular formula is C12H18ClNO2. The summed E-state index contributed by atoms with van der Waals surface area (Å²) in [6.07, 6.45) is 3.13. The minimum atomic E-state index is -0.335. The van der Waals surface area contributed by atoms with Crippen LogP contribution in [0.1, 0.15) is 42.8 Å². The van der Waals surface area contributed by atoms with Gasteiger partial charge in [0, 0.05) is 11.4 Å². The molecule has 0 radical (unpaired) electrons. The lowest BCUT2D eigenvalue weighted by atomic mass is 9.95. The Balaban J connectivity index is 2.81. The Bertz CT molecular complexity index is 347. The van der Waals surface area contributed by atoms with Crippen LogP contribution >= 0.6 is 11.6 Å². The van der Waals surface area contributed by atoms with E-state index in [4.69, 9.17) is 16.0 Å². The maximum Gasteiger partial charge on any atom is 0.287 e. The number of alkyl halides is 1. The Labute approximate surface area is 101 Å². The van der Waals surface area contributed by atoms with Gasteiger partial charge in [0.1, 0.15) is 0 Å². The van der Waals surface area contributed by atoms with E-state index in [0.717, 1.165) is 18.4 Å². The lowest BCUT2D eigenvalue weighted by molar-refractivity contribution is 0.0873. The highest BCUT2D eigenvalue weighted by molar-refractivity contribution is 6.18. The van der Waals surface area contributed by atoms with E-state index in [9.17, 15) is 4.79 Å². The minimum Gasteiger partial charge on any atom is -0.459 e. The van der Waals surface area contributed by atoms with Crippen molar-refractivity contribution >= 4 is 17.5 Å². The van der Waals surface area contributed by atoms with Crippen molar-refractivity contribution in [3.05, 3.63) is 23.7 Å². The van der Waals surface area contributed by atoms with Gasteiger partial charge in [0.25, 0.3) is 5.91 Å². The fraction of sp³-hybridized carbons (Fsp3) is 0.583. The zero-order valence-corrected chi connectivity index (χ0v) is 10.7. The van der Waals surface area contributed by atoms with Crippen molar-refractivity contribution in [1.29, 1.82) is 0 Å². The van der Waals surface area contributed by atoms with Crippen LogP contribution < -0.4 is 5.32 Å². The quantitative estimate of drug-likeness (QED) is 0.808. The number of carbonyl (C=O) groups excluding carboxylic acids is 1. The van der Waals surface area contributed by atoms with Crippen molar-refractivity contribution < 1.29 is 9.21 Å². The largest absolute Gasteiger partial charge is 0.459 e. The molecule has 1 N–H and O–H groups in total.